The number of anilines is 1. The first kappa shape index (κ1) is 11.9. The van der Waals surface area contributed by atoms with Gasteiger partial charge in [-0.05, 0) is 0 Å². The van der Waals surface area contributed by atoms with Gasteiger partial charge in [0.1, 0.15) is 0 Å². The van der Waals surface area contributed by atoms with Crippen molar-refractivity contribution in [1.29, 1.82) is 0 Å². The molecular weight excluding hydrogens is 246 g/mol. The number of ether oxygens (including phenoxy) is 1. The highest BCUT2D eigenvalue weighted by atomic mass is 16.5. The van der Waals surface area contributed by atoms with Crippen molar-refractivity contribution in [2.75, 3.05) is 25.1 Å². The summed E-state index contributed by atoms with van der Waals surface area (Å²) in [5, 5.41) is 0. The van der Waals surface area contributed by atoms with Gasteiger partial charge >= 0.3 is 0 Å². The van der Waals surface area contributed by atoms with Crippen molar-refractivity contribution in [3.63, 3.8) is 0 Å². The average molecular weight is 261 g/mol. The van der Waals surface area contributed by atoms with E-state index >= 15 is 0 Å². The summed E-state index contributed by atoms with van der Waals surface area (Å²) in [6, 6.07) is 0. The van der Waals surface area contributed by atoms with Crippen molar-refractivity contribution in [2.45, 2.75) is 6.10 Å². The van der Waals surface area contributed by atoms with Gasteiger partial charge in [0.2, 0.25) is 5.95 Å². The zero-order chi connectivity index (χ0) is 13.4. The number of aromatic amines is 1. The third-order valence-electron chi connectivity index (χ3n) is 3.25. The lowest BCUT2D eigenvalue weighted by molar-refractivity contribution is 0.142. The standard InChI is InChI=1S/C12H15N5O2/c1-16-7-13-10-9(16)11(18)15-12(14-10)17-5-3-4-8(6-17)19-2/h3-4,7-8H,5-6H2,1-2H3,(H,14,15,18). The Kier molecular flexibility index (Phi) is 2.83. The monoisotopic (exact) mass is 261 g/mol. The SMILES string of the molecule is COC1C=CCN(c2nc3ncn(C)c3c(=O)[nH]2)C1. The van der Waals surface area contributed by atoms with Crippen LogP contribution in [0.15, 0.2) is 23.3 Å². The number of nitrogens with one attached hydrogen (secondary N) is 1. The highest BCUT2D eigenvalue weighted by molar-refractivity contribution is 5.70. The quantitative estimate of drug-likeness (QED) is 0.773. The van der Waals surface area contributed by atoms with Crippen LogP contribution in [0.3, 0.4) is 0 Å². The van der Waals surface area contributed by atoms with E-state index in [1.807, 2.05) is 17.1 Å². The molecule has 0 fully saturated rings. The minimum Gasteiger partial charge on any atom is -0.376 e. The summed E-state index contributed by atoms with van der Waals surface area (Å²) in [6.07, 6.45) is 5.61. The van der Waals surface area contributed by atoms with Crippen LogP contribution in [-0.4, -0.2) is 45.8 Å². The Hall–Kier alpha value is -2.15. The van der Waals surface area contributed by atoms with Gasteiger partial charge < -0.3 is 14.2 Å². The second kappa shape index (κ2) is 4.51. The summed E-state index contributed by atoms with van der Waals surface area (Å²) < 4.78 is 6.96. The van der Waals surface area contributed by atoms with E-state index in [-0.39, 0.29) is 11.7 Å². The Morgan fingerprint density at radius 3 is 3.16 bits per heavy atom. The molecule has 0 saturated heterocycles. The van der Waals surface area contributed by atoms with Crippen LogP contribution in [0.4, 0.5) is 5.95 Å². The van der Waals surface area contributed by atoms with E-state index < -0.39 is 0 Å². The van der Waals surface area contributed by atoms with Gasteiger partial charge in [-0.15, -0.1) is 0 Å². The summed E-state index contributed by atoms with van der Waals surface area (Å²) in [4.78, 5) is 25.3. The molecule has 1 aliphatic rings. The van der Waals surface area contributed by atoms with E-state index in [1.165, 1.54) is 0 Å². The van der Waals surface area contributed by atoms with Crippen LogP contribution in [0.1, 0.15) is 0 Å². The third-order valence-corrected chi connectivity index (χ3v) is 3.25. The van der Waals surface area contributed by atoms with Gasteiger partial charge in [0.15, 0.2) is 11.2 Å². The largest absolute Gasteiger partial charge is 0.376 e. The first-order valence-electron chi connectivity index (χ1n) is 6.05. The topological polar surface area (TPSA) is 76.0 Å². The second-order valence-corrected chi connectivity index (χ2v) is 4.52. The first-order valence-corrected chi connectivity index (χ1v) is 6.05. The molecule has 1 unspecified atom stereocenters. The molecule has 0 bridgehead atoms. The van der Waals surface area contributed by atoms with Crippen LogP contribution in [0.5, 0.6) is 0 Å². The van der Waals surface area contributed by atoms with Crippen LogP contribution >= 0.6 is 0 Å². The number of imidazole rings is 1. The Morgan fingerprint density at radius 2 is 2.37 bits per heavy atom. The average Bonchev–Trinajstić information content (AvgIpc) is 2.81. The van der Waals surface area contributed by atoms with Crippen molar-refractivity contribution in [1.82, 2.24) is 19.5 Å². The fraction of sp³-hybridized carbons (Fsp3) is 0.417. The molecule has 1 atom stereocenters. The molecule has 3 heterocycles. The van der Waals surface area contributed by atoms with Gasteiger partial charge in [-0.3, -0.25) is 9.78 Å². The molecule has 3 rings (SSSR count). The highest BCUT2D eigenvalue weighted by Gasteiger charge is 2.18. The maximum absolute atomic E-state index is 12.0. The zero-order valence-corrected chi connectivity index (χ0v) is 10.8. The molecule has 7 heteroatoms. The molecule has 100 valence electrons. The lowest BCUT2D eigenvalue weighted by Gasteiger charge is -2.28. The summed E-state index contributed by atoms with van der Waals surface area (Å²) in [7, 11) is 3.44. The van der Waals surface area contributed by atoms with E-state index in [2.05, 4.69) is 15.0 Å². The number of aromatic nitrogens is 4. The predicted molar refractivity (Wildman–Crippen MR) is 71.3 cm³/mol. The van der Waals surface area contributed by atoms with Crippen molar-refractivity contribution in [3.8, 4) is 0 Å². The van der Waals surface area contributed by atoms with E-state index in [4.69, 9.17) is 4.74 Å². The number of hydrogen-bond acceptors (Lipinski definition) is 5. The molecule has 0 amide bonds. The van der Waals surface area contributed by atoms with Gasteiger partial charge in [-0.25, -0.2) is 4.98 Å². The van der Waals surface area contributed by atoms with Gasteiger partial charge in [0.05, 0.1) is 19.0 Å². The number of methoxy groups -OCH3 is 1. The van der Waals surface area contributed by atoms with Crippen LogP contribution in [0.25, 0.3) is 11.2 Å². The van der Waals surface area contributed by atoms with Crippen LogP contribution in [0, 0.1) is 0 Å². The first-order chi connectivity index (χ1) is 9.19. The fourth-order valence-corrected chi connectivity index (χ4v) is 2.22. The smallest absolute Gasteiger partial charge is 0.278 e. The van der Waals surface area contributed by atoms with Crippen molar-refractivity contribution < 1.29 is 4.74 Å². The number of H-pyrrole nitrogens is 1. The number of aryl methyl sites for hydroxylation is 1. The molecule has 2 aromatic rings. The fourth-order valence-electron chi connectivity index (χ4n) is 2.22. The van der Waals surface area contributed by atoms with E-state index in [1.54, 1.807) is 25.1 Å². The van der Waals surface area contributed by atoms with Gasteiger partial charge in [-0.2, -0.15) is 4.98 Å². The summed E-state index contributed by atoms with van der Waals surface area (Å²) in [5.41, 5.74) is 0.771. The van der Waals surface area contributed by atoms with Crippen molar-refractivity contribution in [3.05, 3.63) is 28.8 Å². The van der Waals surface area contributed by atoms with Crippen LogP contribution in [-0.2, 0) is 11.8 Å². The lowest BCUT2D eigenvalue weighted by Crippen LogP contribution is -2.38. The number of rotatable bonds is 2. The third kappa shape index (κ3) is 2.01. The molecule has 7 nitrogen and oxygen atoms in total. The molecule has 0 aliphatic carbocycles. The molecule has 0 saturated carbocycles. The van der Waals surface area contributed by atoms with E-state index in [0.717, 1.165) is 0 Å². The summed E-state index contributed by atoms with van der Waals surface area (Å²) >= 11 is 0. The Bertz CT molecular complexity index is 687. The molecule has 19 heavy (non-hydrogen) atoms. The Labute approximate surface area is 109 Å². The highest BCUT2D eigenvalue weighted by Crippen LogP contribution is 2.14. The number of fused-ring (bicyclic) bond motifs is 1. The number of nitrogens with zero attached hydrogens (tertiary/aromatic N) is 4. The molecule has 1 N–H and O–H groups in total. The normalized spacial score (nSPS) is 19.3. The molecule has 0 radical (unpaired) electrons. The second-order valence-electron chi connectivity index (χ2n) is 4.52. The van der Waals surface area contributed by atoms with E-state index in [0.29, 0.717) is 30.2 Å². The molecule has 1 aliphatic heterocycles. The van der Waals surface area contributed by atoms with Crippen molar-refractivity contribution in [2.24, 2.45) is 7.05 Å². The van der Waals surface area contributed by atoms with Crippen LogP contribution < -0.4 is 10.5 Å². The molecule has 2 aromatic heterocycles. The van der Waals surface area contributed by atoms with Gasteiger partial charge in [-0.1, -0.05) is 12.2 Å². The minimum absolute atomic E-state index is 0.0125. The molecular formula is C12H15N5O2. The lowest BCUT2D eigenvalue weighted by atomic mass is 10.2. The number of hydrogen-bond donors (Lipinski definition) is 1. The van der Waals surface area contributed by atoms with Crippen LogP contribution in [0.2, 0.25) is 0 Å². The van der Waals surface area contributed by atoms with E-state index in [9.17, 15) is 4.79 Å². The maximum atomic E-state index is 12.0. The summed E-state index contributed by atoms with van der Waals surface area (Å²) in [6.45, 7) is 1.36. The molecule has 0 spiro atoms. The van der Waals surface area contributed by atoms with Gasteiger partial charge in [0.25, 0.3) is 5.56 Å². The van der Waals surface area contributed by atoms with Crippen molar-refractivity contribution >= 4 is 17.1 Å². The Balaban J connectivity index is 2.02. The maximum Gasteiger partial charge on any atom is 0.278 e. The zero-order valence-electron chi connectivity index (χ0n) is 10.8. The predicted octanol–water partition coefficient (Wildman–Crippen LogP) is 0.0478. The summed E-state index contributed by atoms with van der Waals surface area (Å²) in [5.74, 6) is 0.530. The minimum atomic E-state index is -0.177. The van der Waals surface area contributed by atoms with Gasteiger partial charge in [0, 0.05) is 20.7 Å². The molecule has 0 aromatic carbocycles. The Morgan fingerprint density at radius 1 is 1.53 bits per heavy atom.